The van der Waals surface area contributed by atoms with Gasteiger partial charge in [-0.25, -0.2) is 0 Å². The Morgan fingerprint density at radius 2 is 1.92 bits per heavy atom. The SMILES string of the molecule is COc1ccc2c(c1)c(C(=O)c1ccc(Cl)cc1)nn2CC(=O)O. The van der Waals surface area contributed by atoms with Crippen LogP contribution in [0.3, 0.4) is 0 Å². The monoisotopic (exact) mass is 344 g/mol. The van der Waals surface area contributed by atoms with Crippen LogP contribution in [0, 0.1) is 0 Å². The van der Waals surface area contributed by atoms with Gasteiger partial charge in [-0.05, 0) is 42.5 Å². The summed E-state index contributed by atoms with van der Waals surface area (Å²) in [5.74, 6) is -0.794. The topological polar surface area (TPSA) is 81.4 Å². The van der Waals surface area contributed by atoms with Crippen LogP contribution in [0.4, 0.5) is 0 Å². The highest BCUT2D eigenvalue weighted by Crippen LogP contribution is 2.26. The number of ether oxygens (including phenoxy) is 1. The van der Waals surface area contributed by atoms with Gasteiger partial charge in [0, 0.05) is 16.0 Å². The number of carbonyl (C=O) groups is 2. The highest BCUT2D eigenvalue weighted by atomic mass is 35.5. The van der Waals surface area contributed by atoms with Crippen LogP contribution < -0.4 is 4.74 Å². The molecule has 0 saturated heterocycles. The number of benzene rings is 2. The molecule has 2 aromatic carbocycles. The maximum absolute atomic E-state index is 12.8. The van der Waals surface area contributed by atoms with E-state index >= 15 is 0 Å². The minimum Gasteiger partial charge on any atom is -0.497 e. The Kier molecular flexibility index (Phi) is 4.22. The van der Waals surface area contributed by atoms with Crippen molar-refractivity contribution >= 4 is 34.3 Å². The summed E-state index contributed by atoms with van der Waals surface area (Å²) in [7, 11) is 1.52. The lowest BCUT2D eigenvalue weighted by Gasteiger charge is -2.01. The number of hydrogen-bond acceptors (Lipinski definition) is 4. The predicted molar refractivity (Wildman–Crippen MR) is 88.8 cm³/mol. The van der Waals surface area contributed by atoms with Crippen LogP contribution in [0.25, 0.3) is 10.9 Å². The van der Waals surface area contributed by atoms with Crippen molar-refractivity contribution in [2.45, 2.75) is 6.54 Å². The predicted octanol–water partition coefficient (Wildman–Crippen LogP) is 3.01. The van der Waals surface area contributed by atoms with Gasteiger partial charge in [0.05, 0.1) is 12.6 Å². The number of aromatic nitrogens is 2. The van der Waals surface area contributed by atoms with Crippen LogP contribution in [-0.4, -0.2) is 33.7 Å². The quantitative estimate of drug-likeness (QED) is 0.719. The molecule has 3 rings (SSSR count). The third-order valence-corrected chi connectivity index (χ3v) is 3.82. The van der Waals surface area contributed by atoms with Crippen molar-refractivity contribution in [3.05, 3.63) is 58.7 Å². The van der Waals surface area contributed by atoms with Gasteiger partial charge in [-0.1, -0.05) is 11.6 Å². The number of hydrogen-bond donors (Lipinski definition) is 1. The lowest BCUT2D eigenvalue weighted by molar-refractivity contribution is -0.137. The summed E-state index contributed by atoms with van der Waals surface area (Å²) < 4.78 is 6.48. The maximum atomic E-state index is 12.8. The second-order valence-electron chi connectivity index (χ2n) is 5.12. The molecule has 0 saturated carbocycles. The number of rotatable bonds is 5. The number of carboxylic acid groups (broad SMARTS) is 1. The lowest BCUT2D eigenvalue weighted by atomic mass is 10.1. The summed E-state index contributed by atoms with van der Waals surface area (Å²) >= 11 is 5.85. The molecule has 122 valence electrons. The number of aliphatic carboxylic acids is 1. The van der Waals surface area contributed by atoms with E-state index in [-0.39, 0.29) is 18.0 Å². The van der Waals surface area contributed by atoms with Crippen LogP contribution >= 0.6 is 11.6 Å². The smallest absolute Gasteiger partial charge is 0.325 e. The molecule has 0 radical (unpaired) electrons. The molecular weight excluding hydrogens is 332 g/mol. The Morgan fingerprint density at radius 3 is 2.54 bits per heavy atom. The Hall–Kier alpha value is -2.86. The Bertz CT molecular complexity index is 932. The van der Waals surface area contributed by atoms with Crippen molar-refractivity contribution < 1.29 is 19.4 Å². The van der Waals surface area contributed by atoms with Crippen LogP contribution in [0.15, 0.2) is 42.5 Å². The van der Waals surface area contributed by atoms with E-state index in [1.165, 1.54) is 11.8 Å². The van der Waals surface area contributed by atoms with Crippen LogP contribution in [0.1, 0.15) is 16.1 Å². The summed E-state index contributed by atoms with van der Waals surface area (Å²) in [6.07, 6.45) is 0. The van der Waals surface area contributed by atoms with Crippen molar-refractivity contribution in [2.24, 2.45) is 0 Å². The maximum Gasteiger partial charge on any atom is 0.325 e. The summed E-state index contributed by atoms with van der Waals surface area (Å²) in [5, 5.41) is 14.3. The molecule has 1 aromatic heterocycles. The van der Waals surface area contributed by atoms with Crippen LogP contribution in [-0.2, 0) is 11.3 Å². The first-order valence-corrected chi connectivity index (χ1v) is 7.44. The molecule has 3 aromatic rings. The molecule has 0 unspecified atom stereocenters. The van der Waals surface area contributed by atoms with E-state index in [4.69, 9.17) is 21.4 Å². The second-order valence-corrected chi connectivity index (χ2v) is 5.56. The Labute approximate surface area is 142 Å². The van der Waals surface area contributed by atoms with E-state index in [2.05, 4.69) is 5.10 Å². The summed E-state index contributed by atoms with van der Waals surface area (Å²) in [4.78, 5) is 23.8. The molecule has 0 bridgehead atoms. The standard InChI is InChI=1S/C17H13ClN2O4/c1-24-12-6-7-14-13(8-12)16(19-20(14)9-15(21)22)17(23)10-2-4-11(18)5-3-10/h2-8H,9H2,1H3,(H,21,22). The van der Waals surface area contributed by atoms with Gasteiger partial charge < -0.3 is 9.84 Å². The molecule has 0 atom stereocenters. The van der Waals surface area contributed by atoms with Gasteiger partial charge >= 0.3 is 5.97 Å². The van der Waals surface area contributed by atoms with E-state index in [0.717, 1.165) is 0 Å². The normalized spacial score (nSPS) is 10.8. The minimum absolute atomic E-state index is 0.174. The third kappa shape index (κ3) is 2.96. The fourth-order valence-electron chi connectivity index (χ4n) is 2.44. The molecule has 7 heteroatoms. The van der Waals surface area contributed by atoms with Crippen LogP contribution in [0.2, 0.25) is 5.02 Å². The summed E-state index contributed by atoms with van der Waals surface area (Å²) in [6.45, 7) is -0.337. The fourth-order valence-corrected chi connectivity index (χ4v) is 2.57. The molecule has 0 fully saturated rings. The molecule has 24 heavy (non-hydrogen) atoms. The lowest BCUT2D eigenvalue weighted by Crippen LogP contribution is -2.11. The number of halogens is 1. The van der Waals surface area contributed by atoms with Gasteiger partial charge in [0.25, 0.3) is 0 Å². The number of fused-ring (bicyclic) bond motifs is 1. The molecule has 0 aliphatic rings. The zero-order valence-electron chi connectivity index (χ0n) is 12.7. The van der Waals surface area contributed by atoms with Crippen molar-refractivity contribution in [3.8, 4) is 5.75 Å². The van der Waals surface area contributed by atoms with Crippen molar-refractivity contribution in [3.63, 3.8) is 0 Å². The zero-order chi connectivity index (χ0) is 17.3. The van der Waals surface area contributed by atoms with Crippen molar-refractivity contribution in [2.75, 3.05) is 7.11 Å². The van der Waals surface area contributed by atoms with Crippen LogP contribution in [0.5, 0.6) is 5.75 Å². The van der Waals surface area contributed by atoms with Gasteiger partial charge in [-0.3, -0.25) is 14.3 Å². The second kappa shape index (κ2) is 6.33. The number of ketones is 1. The first-order valence-electron chi connectivity index (χ1n) is 7.06. The highest BCUT2D eigenvalue weighted by Gasteiger charge is 2.20. The van der Waals surface area contributed by atoms with Gasteiger partial charge in [0.2, 0.25) is 5.78 Å². The fraction of sp³-hybridized carbons (Fsp3) is 0.118. The molecule has 0 spiro atoms. The average Bonchev–Trinajstić information content (AvgIpc) is 2.92. The summed E-state index contributed by atoms with van der Waals surface area (Å²) in [6, 6.07) is 11.5. The molecule has 6 nitrogen and oxygen atoms in total. The first kappa shape index (κ1) is 16.0. The van der Waals surface area contributed by atoms with E-state index in [9.17, 15) is 9.59 Å². The average molecular weight is 345 g/mol. The minimum atomic E-state index is -1.04. The molecule has 0 aliphatic heterocycles. The number of nitrogens with zero attached hydrogens (tertiary/aromatic N) is 2. The van der Waals surface area contributed by atoms with Gasteiger partial charge in [-0.15, -0.1) is 0 Å². The Morgan fingerprint density at radius 1 is 1.21 bits per heavy atom. The highest BCUT2D eigenvalue weighted by molar-refractivity contribution is 6.30. The zero-order valence-corrected chi connectivity index (χ0v) is 13.4. The van der Waals surface area contributed by atoms with Gasteiger partial charge in [0.1, 0.15) is 18.0 Å². The molecule has 0 aliphatic carbocycles. The largest absolute Gasteiger partial charge is 0.497 e. The number of methoxy groups -OCH3 is 1. The van der Waals surface area contributed by atoms with E-state index < -0.39 is 5.97 Å². The Balaban J connectivity index is 2.16. The third-order valence-electron chi connectivity index (χ3n) is 3.56. The molecular formula is C17H13ClN2O4. The van der Waals surface area contributed by atoms with E-state index in [1.807, 2.05) is 0 Å². The van der Waals surface area contributed by atoms with E-state index in [1.54, 1.807) is 42.5 Å². The first-order chi connectivity index (χ1) is 11.5. The number of carboxylic acids is 1. The molecule has 0 amide bonds. The van der Waals surface area contributed by atoms with Gasteiger partial charge in [-0.2, -0.15) is 5.10 Å². The van der Waals surface area contributed by atoms with Crippen molar-refractivity contribution in [1.29, 1.82) is 0 Å². The molecule has 1 heterocycles. The number of carbonyl (C=O) groups excluding carboxylic acids is 1. The van der Waals surface area contributed by atoms with Gasteiger partial charge in [0.15, 0.2) is 0 Å². The summed E-state index contributed by atoms with van der Waals surface area (Å²) in [5.41, 5.74) is 1.15. The van der Waals surface area contributed by atoms with Crippen molar-refractivity contribution in [1.82, 2.24) is 9.78 Å². The molecule has 1 N–H and O–H groups in total. The van der Waals surface area contributed by atoms with E-state index in [0.29, 0.717) is 27.2 Å².